The first-order chi connectivity index (χ1) is 12.0. The third kappa shape index (κ3) is 3.70. The number of methoxy groups -OCH3 is 1. The maximum atomic E-state index is 13.0. The van der Waals surface area contributed by atoms with Crippen LogP contribution in [0.15, 0.2) is 41.4 Å². The Kier molecular flexibility index (Phi) is 5.11. The van der Waals surface area contributed by atoms with Crippen LogP contribution in [0.25, 0.3) is 10.2 Å². The van der Waals surface area contributed by atoms with Gasteiger partial charge in [-0.2, -0.15) is 4.99 Å². The van der Waals surface area contributed by atoms with Gasteiger partial charge in [0.1, 0.15) is 5.82 Å². The van der Waals surface area contributed by atoms with Crippen molar-refractivity contribution in [2.45, 2.75) is 20.4 Å². The minimum Gasteiger partial charge on any atom is -0.383 e. The van der Waals surface area contributed by atoms with E-state index in [1.807, 2.05) is 11.5 Å². The van der Waals surface area contributed by atoms with Crippen molar-refractivity contribution in [1.82, 2.24) is 4.57 Å². The number of fused-ring (bicyclic) bond motifs is 1. The molecule has 0 atom stereocenters. The lowest BCUT2D eigenvalue weighted by Crippen LogP contribution is -2.19. The fourth-order valence-electron chi connectivity index (χ4n) is 2.81. The van der Waals surface area contributed by atoms with Crippen LogP contribution < -0.4 is 4.80 Å². The number of halogens is 1. The van der Waals surface area contributed by atoms with Gasteiger partial charge in [0, 0.05) is 19.2 Å². The Morgan fingerprint density at radius 1 is 1.24 bits per heavy atom. The van der Waals surface area contributed by atoms with Crippen molar-refractivity contribution in [3.63, 3.8) is 0 Å². The van der Waals surface area contributed by atoms with Crippen molar-refractivity contribution >= 4 is 27.5 Å². The zero-order chi connectivity index (χ0) is 18.0. The second-order valence-corrected chi connectivity index (χ2v) is 6.89. The summed E-state index contributed by atoms with van der Waals surface area (Å²) in [5, 5.41) is 0. The number of carbonyl (C=O) groups is 1. The molecule has 0 radical (unpaired) electrons. The topological polar surface area (TPSA) is 43.6 Å². The van der Waals surface area contributed by atoms with E-state index in [1.54, 1.807) is 7.11 Å². The molecule has 1 amide bonds. The Morgan fingerprint density at radius 3 is 2.64 bits per heavy atom. The van der Waals surface area contributed by atoms with Gasteiger partial charge in [0.05, 0.1) is 16.8 Å². The quantitative estimate of drug-likeness (QED) is 0.711. The maximum Gasteiger partial charge on any atom is 0.279 e. The molecule has 3 aromatic rings. The van der Waals surface area contributed by atoms with Crippen LogP contribution in [-0.2, 0) is 11.3 Å². The second-order valence-electron chi connectivity index (χ2n) is 5.88. The van der Waals surface area contributed by atoms with E-state index in [0.29, 0.717) is 23.5 Å². The molecule has 25 heavy (non-hydrogen) atoms. The fourth-order valence-corrected chi connectivity index (χ4v) is 4.04. The SMILES string of the molecule is COCCn1c(=NC(=O)c2ccc(F)cc2)sc2cc(C)cc(C)c21. The highest BCUT2D eigenvalue weighted by Gasteiger charge is 2.12. The lowest BCUT2D eigenvalue weighted by atomic mass is 10.1. The Morgan fingerprint density at radius 2 is 1.96 bits per heavy atom. The van der Waals surface area contributed by atoms with Gasteiger partial charge in [-0.1, -0.05) is 17.4 Å². The van der Waals surface area contributed by atoms with Crippen molar-refractivity contribution in [3.05, 3.63) is 63.7 Å². The number of ether oxygens (including phenoxy) is 1. The number of amides is 1. The molecule has 0 aliphatic heterocycles. The van der Waals surface area contributed by atoms with Gasteiger partial charge in [0.15, 0.2) is 4.80 Å². The van der Waals surface area contributed by atoms with Crippen LogP contribution in [0.5, 0.6) is 0 Å². The van der Waals surface area contributed by atoms with Crippen LogP contribution >= 0.6 is 11.3 Å². The van der Waals surface area contributed by atoms with Crippen LogP contribution in [0.4, 0.5) is 4.39 Å². The summed E-state index contributed by atoms with van der Waals surface area (Å²) in [6, 6.07) is 9.63. The Hall–Kier alpha value is -2.31. The number of rotatable bonds is 4. The Bertz CT molecular complexity index is 987. The first-order valence-corrected chi connectivity index (χ1v) is 8.75. The van der Waals surface area contributed by atoms with Gasteiger partial charge < -0.3 is 9.30 Å². The summed E-state index contributed by atoms with van der Waals surface area (Å²) in [5.74, 6) is -0.758. The standard InChI is InChI=1S/C19H19FN2O2S/c1-12-10-13(2)17-16(11-12)25-19(22(17)8-9-24-3)21-18(23)14-4-6-15(20)7-5-14/h4-7,10-11H,8-9H2,1-3H3. The monoisotopic (exact) mass is 358 g/mol. The normalized spacial score (nSPS) is 12.1. The zero-order valence-corrected chi connectivity index (χ0v) is 15.2. The fraction of sp³-hybridized carbons (Fsp3) is 0.263. The lowest BCUT2D eigenvalue weighted by molar-refractivity contribution is 0.0997. The molecule has 1 aromatic heterocycles. The number of benzene rings is 2. The van der Waals surface area contributed by atoms with E-state index in [-0.39, 0.29) is 11.7 Å². The molecule has 2 aromatic carbocycles. The Labute approximate surface area is 149 Å². The minimum atomic E-state index is -0.382. The number of aromatic nitrogens is 1. The molecule has 1 heterocycles. The molecule has 0 saturated carbocycles. The lowest BCUT2D eigenvalue weighted by Gasteiger charge is -2.07. The summed E-state index contributed by atoms with van der Waals surface area (Å²) in [6.45, 7) is 5.23. The minimum absolute atomic E-state index is 0.366. The van der Waals surface area contributed by atoms with Gasteiger partial charge in [-0.3, -0.25) is 4.79 Å². The third-order valence-electron chi connectivity index (χ3n) is 3.92. The van der Waals surface area contributed by atoms with E-state index in [4.69, 9.17) is 4.74 Å². The number of carbonyl (C=O) groups excluding carboxylic acids is 1. The number of nitrogens with zero attached hydrogens (tertiary/aromatic N) is 2. The van der Waals surface area contributed by atoms with Crippen molar-refractivity contribution < 1.29 is 13.9 Å². The Balaban J connectivity index is 2.15. The molecule has 0 bridgehead atoms. The number of thiazole rings is 1. The number of hydrogen-bond donors (Lipinski definition) is 0. The average molecular weight is 358 g/mol. The summed E-state index contributed by atoms with van der Waals surface area (Å²) in [4.78, 5) is 17.4. The molecule has 4 nitrogen and oxygen atoms in total. The van der Waals surface area contributed by atoms with Gasteiger partial charge in [-0.05, 0) is 55.3 Å². The van der Waals surface area contributed by atoms with E-state index in [2.05, 4.69) is 24.0 Å². The summed E-state index contributed by atoms with van der Waals surface area (Å²) in [6.07, 6.45) is 0. The molecule has 0 spiro atoms. The van der Waals surface area contributed by atoms with Crippen molar-refractivity contribution in [2.75, 3.05) is 13.7 Å². The molecular formula is C19H19FN2O2S. The predicted octanol–water partition coefficient (Wildman–Crippen LogP) is 3.85. The summed E-state index contributed by atoms with van der Waals surface area (Å²) < 4.78 is 21.3. The molecule has 0 fully saturated rings. The van der Waals surface area contributed by atoms with Gasteiger partial charge in [0.2, 0.25) is 0 Å². The summed E-state index contributed by atoms with van der Waals surface area (Å²) in [5.41, 5.74) is 3.74. The highest BCUT2D eigenvalue weighted by Crippen LogP contribution is 2.23. The van der Waals surface area contributed by atoms with Crippen LogP contribution in [0.2, 0.25) is 0 Å². The van der Waals surface area contributed by atoms with E-state index in [9.17, 15) is 9.18 Å². The summed E-state index contributed by atoms with van der Waals surface area (Å²) >= 11 is 1.47. The second kappa shape index (κ2) is 7.29. The predicted molar refractivity (Wildman–Crippen MR) is 97.5 cm³/mol. The summed E-state index contributed by atoms with van der Waals surface area (Å²) in [7, 11) is 1.65. The third-order valence-corrected chi connectivity index (χ3v) is 4.94. The van der Waals surface area contributed by atoms with Gasteiger partial charge >= 0.3 is 0 Å². The van der Waals surface area contributed by atoms with Gasteiger partial charge in [-0.25, -0.2) is 4.39 Å². The van der Waals surface area contributed by atoms with E-state index < -0.39 is 0 Å². The highest BCUT2D eigenvalue weighted by molar-refractivity contribution is 7.16. The smallest absolute Gasteiger partial charge is 0.279 e. The van der Waals surface area contributed by atoms with Crippen LogP contribution in [0.1, 0.15) is 21.5 Å². The molecular weight excluding hydrogens is 339 g/mol. The van der Waals surface area contributed by atoms with Gasteiger partial charge in [0.25, 0.3) is 5.91 Å². The molecule has 0 saturated heterocycles. The van der Waals surface area contributed by atoms with E-state index in [1.165, 1.54) is 41.2 Å². The van der Waals surface area contributed by atoms with E-state index in [0.717, 1.165) is 15.8 Å². The largest absolute Gasteiger partial charge is 0.383 e. The average Bonchev–Trinajstić information content (AvgIpc) is 2.90. The molecule has 0 unspecified atom stereocenters. The maximum absolute atomic E-state index is 13.0. The molecule has 0 aliphatic carbocycles. The van der Waals surface area contributed by atoms with Gasteiger partial charge in [-0.15, -0.1) is 0 Å². The van der Waals surface area contributed by atoms with Crippen molar-refractivity contribution in [3.8, 4) is 0 Å². The first-order valence-electron chi connectivity index (χ1n) is 7.94. The highest BCUT2D eigenvalue weighted by atomic mass is 32.1. The number of aryl methyl sites for hydroxylation is 2. The van der Waals surface area contributed by atoms with E-state index >= 15 is 0 Å². The molecule has 3 rings (SSSR count). The van der Waals surface area contributed by atoms with Crippen molar-refractivity contribution in [2.24, 2.45) is 4.99 Å². The van der Waals surface area contributed by atoms with Crippen LogP contribution in [0.3, 0.4) is 0 Å². The number of hydrogen-bond acceptors (Lipinski definition) is 3. The molecule has 130 valence electrons. The van der Waals surface area contributed by atoms with Crippen LogP contribution in [-0.4, -0.2) is 24.2 Å². The zero-order valence-electron chi connectivity index (χ0n) is 14.4. The molecule has 6 heteroatoms. The van der Waals surface area contributed by atoms with Crippen molar-refractivity contribution in [1.29, 1.82) is 0 Å². The molecule has 0 aliphatic rings. The molecule has 0 N–H and O–H groups in total. The van der Waals surface area contributed by atoms with Crippen LogP contribution in [0, 0.1) is 19.7 Å². The first kappa shape index (κ1) is 17.5.